The molecule has 0 fully saturated rings. The highest BCUT2D eigenvalue weighted by Crippen LogP contribution is 2.42. The van der Waals surface area contributed by atoms with Crippen LogP contribution in [0.5, 0.6) is 17.2 Å². The molecule has 0 bridgehead atoms. The van der Waals surface area contributed by atoms with Gasteiger partial charge >= 0.3 is 0 Å². The zero-order valence-electron chi connectivity index (χ0n) is 15.1. The Labute approximate surface area is 158 Å². The molecule has 1 aliphatic heterocycles. The molecule has 0 saturated heterocycles. The van der Waals surface area contributed by atoms with Crippen LogP contribution in [0.2, 0.25) is 5.02 Å². The van der Waals surface area contributed by atoms with Crippen molar-refractivity contribution in [1.82, 2.24) is 5.32 Å². The van der Waals surface area contributed by atoms with Gasteiger partial charge in [-0.1, -0.05) is 18.5 Å². The minimum Gasteiger partial charge on any atom is -0.497 e. The summed E-state index contributed by atoms with van der Waals surface area (Å²) >= 11 is 6.46. The van der Waals surface area contributed by atoms with Gasteiger partial charge < -0.3 is 19.5 Å². The summed E-state index contributed by atoms with van der Waals surface area (Å²) in [5, 5.41) is 3.41. The summed E-state index contributed by atoms with van der Waals surface area (Å²) in [5.74, 6) is 2.19. The van der Waals surface area contributed by atoms with Crippen LogP contribution in [0.25, 0.3) is 11.1 Å². The van der Waals surface area contributed by atoms with Crippen molar-refractivity contribution in [2.75, 3.05) is 20.8 Å². The number of ether oxygens (including phenoxy) is 3. The van der Waals surface area contributed by atoms with Gasteiger partial charge in [0.1, 0.15) is 23.4 Å². The van der Waals surface area contributed by atoms with Crippen molar-refractivity contribution >= 4 is 17.5 Å². The first-order valence-electron chi connectivity index (χ1n) is 8.53. The number of carbonyl (C=O) groups excluding carboxylic acids is 1. The Morgan fingerprint density at radius 3 is 2.77 bits per heavy atom. The zero-order chi connectivity index (χ0) is 18.7. The van der Waals surface area contributed by atoms with Crippen LogP contribution in [0, 0.1) is 0 Å². The maximum absolute atomic E-state index is 11.5. The average molecular weight is 376 g/mol. The topological polar surface area (TPSA) is 56.8 Å². The highest BCUT2D eigenvalue weighted by Gasteiger charge is 2.26. The third-order valence-corrected chi connectivity index (χ3v) is 4.70. The van der Waals surface area contributed by atoms with E-state index in [0.717, 1.165) is 28.2 Å². The van der Waals surface area contributed by atoms with Gasteiger partial charge in [-0.2, -0.15) is 0 Å². The molecule has 6 heteroatoms. The van der Waals surface area contributed by atoms with Gasteiger partial charge in [-0.05, 0) is 35.9 Å². The molecule has 2 aromatic rings. The van der Waals surface area contributed by atoms with E-state index >= 15 is 0 Å². The van der Waals surface area contributed by atoms with Gasteiger partial charge in [-0.3, -0.25) is 4.79 Å². The lowest BCUT2D eigenvalue weighted by atomic mass is 9.99. The second-order valence-electron chi connectivity index (χ2n) is 6.11. The van der Waals surface area contributed by atoms with Crippen LogP contribution < -0.4 is 19.5 Å². The highest BCUT2D eigenvalue weighted by atomic mass is 35.5. The number of fused-ring (bicyclic) bond motifs is 1. The summed E-state index contributed by atoms with van der Waals surface area (Å²) in [6, 6.07) is 9.57. The number of hydrogen-bond acceptors (Lipinski definition) is 4. The van der Waals surface area contributed by atoms with Crippen LogP contribution in [0.15, 0.2) is 30.3 Å². The lowest BCUT2D eigenvalue weighted by Crippen LogP contribution is -2.33. The first-order valence-corrected chi connectivity index (χ1v) is 8.91. The van der Waals surface area contributed by atoms with Crippen LogP contribution in [0.4, 0.5) is 0 Å². The maximum Gasteiger partial charge on any atom is 0.219 e. The molecule has 1 atom stereocenters. The van der Waals surface area contributed by atoms with Crippen molar-refractivity contribution in [1.29, 1.82) is 0 Å². The van der Waals surface area contributed by atoms with Crippen LogP contribution in [0.1, 0.15) is 18.9 Å². The van der Waals surface area contributed by atoms with Crippen LogP contribution in [0.3, 0.4) is 0 Å². The smallest absolute Gasteiger partial charge is 0.219 e. The van der Waals surface area contributed by atoms with Crippen LogP contribution in [-0.4, -0.2) is 32.8 Å². The van der Waals surface area contributed by atoms with Gasteiger partial charge in [0.05, 0.1) is 25.8 Å². The van der Waals surface area contributed by atoms with Gasteiger partial charge in [-0.25, -0.2) is 0 Å². The van der Waals surface area contributed by atoms with E-state index in [1.54, 1.807) is 14.2 Å². The number of carbonyl (C=O) groups is 1. The van der Waals surface area contributed by atoms with Gasteiger partial charge in [0.25, 0.3) is 0 Å². The van der Waals surface area contributed by atoms with E-state index in [9.17, 15) is 4.79 Å². The summed E-state index contributed by atoms with van der Waals surface area (Å²) in [6.45, 7) is 2.29. The number of rotatable bonds is 6. The second-order valence-corrected chi connectivity index (χ2v) is 6.52. The zero-order valence-corrected chi connectivity index (χ0v) is 15.9. The molecule has 138 valence electrons. The van der Waals surface area contributed by atoms with Crippen molar-refractivity contribution < 1.29 is 19.0 Å². The Balaban J connectivity index is 1.88. The van der Waals surface area contributed by atoms with Gasteiger partial charge in [0.2, 0.25) is 5.91 Å². The van der Waals surface area contributed by atoms with Gasteiger partial charge in [-0.15, -0.1) is 0 Å². The quantitative estimate of drug-likeness (QED) is 0.833. The molecule has 26 heavy (non-hydrogen) atoms. The molecule has 1 heterocycles. The molecule has 1 amide bonds. The summed E-state index contributed by atoms with van der Waals surface area (Å²) in [5.41, 5.74) is 2.86. The summed E-state index contributed by atoms with van der Waals surface area (Å²) < 4.78 is 16.7. The molecule has 0 aliphatic carbocycles. The molecule has 1 N–H and O–H groups in total. The van der Waals surface area contributed by atoms with Crippen molar-refractivity contribution in [3.63, 3.8) is 0 Å². The van der Waals surface area contributed by atoms with E-state index in [1.165, 1.54) is 0 Å². The molecule has 0 aromatic heterocycles. The Kier molecular flexibility index (Phi) is 5.57. The summed E-state index contributed by atoms with van der Waals surface area (Å²) in [7, 11) is 3.26. The van der Waals surface area contributed by atoms with E-state index in [-0.39, 0.29) is 12.0 Å². The molecule has 0 unspecified atom stereocenters. The first kappa shape index (κ1) is 18.4. The fourth-order valence-corrected chi connectivity index (χ4v) is 3.33. The fraction of sp³-hybridized carbons (Fsp3) is 0.350. The summed E-state index contributed by atoms with van der Waals surface area (Å²) in [6.07, 6.45) is 1.04. The van der Waals surface area contributed by atoms with E-state index in [1.807, 2.05) is 31.2 Å². The van der Waals surface area contributed by atoms with E-state index in [2.05, 4.69) is 11.4 Å². The predicted octanol–water partition coefficient (Wildman–Crippen LogP) is 3.85. The molecule has 2 aromatic carbocycles. The molecular formula is C20H22ClNO4. The van der Waals surface area contributed by atoms with Crippen molar-refractivity contribution in [2.24, 2.45) is 0 Å². The summed E-state index contributed by atoms with van der Waals surface area (Å²) in [4.78, 5) is 11.5. The molecular weight excluding hydrogens is 354 g/mol. The standard InChI is InChI=1S/C20H22ClNO4/c1-4-19(23)22-11-15-8-13-7-12(9-17(21)20(13)26-15)16-10-14(24-2)5-6-18(16)25-3/h5-7,9-10,15H,4,8,11H2,1-3H3,(H,22,23)/t15-/m0/s1. The number of methoxy groups -OCH3 is 2. The molecule has 0 spiro atoms. The number of nitrogens with one attached hydrogen (secondary N) is 1. The minimum atomic E-state index is -0.111. The maximum atomic E-state index is 11.5. The van der Waals surface area contributed by atoms with E-state index in [4.69, 9.17) is 25.8 Å². The number of hydrogen-bond donors (Lipinski definition) is 1. The Hall–Kier alpha value is -2.40. The minimum absolute atomic E-state index is 0.0115. The molecule has 0 radical (unpaired) electrons. The van der Waals surface area contributed by atoms with Crippen molar-refractivity contribution in [3.05, 3.63) is 40.9 Å². The molecule has 5 nitrogen and oxygen atoms in total. The number of halogens is 1. The first-order chi connectivity index (χ1) is 12.5. The second kappa shape index (κ2) is 7.87. The van der Waals surface area contributed by atoms with Crippen molar-refractivity contribution in [2.45, 2.75) is 25.9 Å². The molecule has 1 aliphatic rings. The molecule has 3 rings (SSSR count). The van der Waals surface area contributed by atoms with Crippen LogP contribution >= 0.6 is 11.6 Å². The Morgan fingerprint density at radius 2 is 2.08 bits per heavy atom. The average Bonchev–Trinajstić information content (AvgIpc) is 3.09. The normalized spacial score (nSPS) is 15.2. The fourth-order valence-electron chi connectivity index (χ4n) is 3.05. The van der Waals surface area contributed by atoms with E-state index < -0.39 is 0 Å². The monoisotopic (exact) mass is 375 g/mol. The third kappa shape index (κ3) is 3.73. The molecule has 0 saturated carbocycles. The SMILES string of the molecule is CCC(=O)NC[C@@H]1Cc2cc(-c3cc(OC)ccc3OC)cc(Cl)c2O1. The third-order valence-electron chi connectivity index (χ3n) is 4.42. The number of benzene rings is 2. The highest BCUT2D eigenvalue weighted by molar-refractivity contribution is 6.32. The van der Waals surface area contributed by atoms with E-state index in [0.29, 0.717) is 30.2 Å². The Morgan fingerprint density at radius 1 is 1.27 bits per heavy atom. The Bertz CT molecular complexity index is 822. The number of amides is 1. The lowest BCUT2D eigenvalue weighted by molar-refractivity contribution is -0.121. The van der Waals surface area contributed by atoms with Gasteiger partial charge in [0, 0.05) is 24.0 Å². The van der Waals surface area contributed by atoms with Crippen molar-refractivity contribution in [3.8, 4) is 28.4 Å². The lowest BCUT2D eigenvalue weighted by Gasteiger charge is -2.13. The van der Waals surface area contributed by atoms with Gasteiger partial charge in [0.15, 0.2) is 0 Å². The van der Waals surface area contributed by atoms with Crippen LogP contribution in [-0.2, 0) is 11.2 Å². The largest absolute Gasteiger partial charge is 0.497 e. The predicted molar refractivity (Wildman–Crippen MR) is 101 cm³/mol.